The third-order valence-electron chi connectivity index (χ3n) is 2.52. The molecule has 0 saturated heterocycles. The van der Waals surface area contributed by atoms with Crippen LogP contribution in [0.4, 0.5) is 0 Å². The molecule has 1 aromatic rings. The molecule has 1 rings (SSSR count). The van der Waals surface area contributed by atoms with Gasteiger partial charge in [-0.15, -0.1) is 0 Å². The highest BCUT2D eigenvalue weighted by Crippen LogP contribution is 2.24. The third-order valence-corrected chi connectivity index (χ3v) is 2.52. The van der Waals surface area contributed by atoms with Gasteiger partial charge in [0.15, 0.2) is 0 Å². The number of pyridine rings is 1. The van der Waals surface area contributed by atoms with Crippen molar-refractivity contribution in [1.29, 1.82) is 0 Å². The molecule has 1 aromatic heterocycles. The summed E-state index contributed by atoms with van der Waals surface area (Å²) in [5.41, 5.74) is 8.38. The van der Waals surface area contributed by atoms with E-state index in [-0.39, 0.29) is 6.04 Å². The molecule has 0 saturated carbocycles. The van der Waals surface area contributed by atoms with Crippen molar-refractivity contribution in [2.24, 2.45) is 5.73 Å². The minimum absolute atomic E-state index is 0.0812. The van der Waals surface area contributed by atoms with Crippen molar-refractivity contribution < 1.29 is 0 Å². The number of aromatic nitrogens is 1. The molecule has 0 spiro atoms. The summed E-state index contributed by atoms with van der Waals surface area (Å²) in [7, 11) is 0. The fourth-order valence-electron chi connectivity index (χ4n) is 1.47. The molecule has 0 bridgehead atoms. The number of nitrogens with zero attached hydrogens (tertiary/aromatic N) is 1. The molecule has 2 nitrogen and oxygen atoms in total. The van der Waals surface area contributed by atoms with Crippen LogP contribution in [0.3, 0.4) is 0 Å². The summed E-state index contributed by atoms with van der Waals surface area (Å²) in [6, 6.07) is 2.16. The van der Waals surface area contributed by atoms with E-state index >= 15 is 0 Å². The van der Waals surface area contributed by atoms with Gasteiger partial charge in [0, 0.05) is 18.4 Å². The van der Waals surface area contributed by atoms with Gasteiger partial charge in [-0.3, -0.25) is 4.98 Å². The van der Waals surface area contributed by atoms with Crippen LogP contribution in [0.2, 0.25) is 0 Å². The van der Waals surface area contributed by atoms with Gasteiger partial charge in [-0.2, -0.15) is 0 Å². The van der Waals surface area contributed by atoms with Crippen molar-refractivity contribution in [1.82, 2.24) is 4.98 Å². The lowest BCUT2D eigenvalue weighted by Gasteiger charge is -2.16. The molecule has 0 aromatic carbocycles. The first-order chi connectivity index (χ1) is 6.16. The molecule has 2 heteroatoms. The fourth-order valence-corrected chi connectivity index (χ4v) is 1.47. The second kappa shape index (κ2) is 4.38. The number of hydrogen-bond donors (Lipinski definition) is 1. The van der Waals surface area contributed by atoms with Crippen LogP contribution in [-0.2, 0) is 0 Å². The molecule has 2 atom stereocenters. The van der Waals surface area contributed by atoms with Crippen LogP contribution >= 0.6 is 0 Å². The molecule has 0 aliphatic carbocycles. The van der Waals surface area contributed by atoms with E-state index in [1.165, 1.54) is 11.1 Å². The van der Waals surface area contributed by atoms with Gasteiger partial charge < -0.3 is 5.73 Å². The summed E-state index contributed by atoms with van der Waals surface area (Å²) in [5.74, 6) is 0.573. The molecule has 2 N–H and O–H groups in total. The van der Waals surface area contributed by atoms with Crippen LogP contribution in [0.15, 0.2) is 18.5 Å². The molecule has 13 heavy (non-hydrogen) atoms. The Morgan fingerprint density at radius 2 is 2.08 bits per heavy atom. The molecular formula is C11H18N2. The van der Waals surface area contributed by atoms with E-state index in [1.807, 2.05) is 19.3 Å². The van der Waals surface area contributed by atoms with Gasteiger partial charge in [0.05, 0.1) is 0 Å². The third kappa shape index (κ3) is 2.28. The maximum atomic E-state index is 5.87. The Balaban J connectivity index is 3.04. The Morgan fingerprint density at radius 3 is 2.62 bits per heavy atom. The van der Waals surface area contributed by atoms with E-state index in [2.05, 4.69) is 24.9 Å². The van der Waals surface area contributed by atoms with Gasteiger partial charge in [-0.1, -0.05) is 13.8 Å². The largest absolute Gasteiger partial charge is 0.324 e. The van der Waals surface area contributed by atoms with Crippen LogP contribution in [0, 0.1) is 0 Å². The van der Waals surface area contributed by atoms with E-state index in [4.69, 9.17) is 5.73 Å². The predicted octanol–water partition coefficient (Wildman–Crippen LogP) is 2.61. The van der Waals surface area contributed by atoms with Gasteiger partial charge >= 0.3 is 0 Å². The Kier molecular flexibility index (Phi) is 3.43. The first-order valence-electron chi connectivity index (χ1n) is 4.86. The fraction of sp³-hybridized carbons (Fsp3) is 0.545. The number of rotatable bonds is 3. The molecule has 0 aliphatic rings. The quantitative estimate of drug-likeness (QED) is 0.772. The van der Waals surface area contributed by atoms with Crippen molar-refractivity contribution >= 4 is 0 Å². The Morgan fingerprint density at radius 1 is 1.38 bits per heavy atom. The first-order valence-corrected chi connectivity index (χ1v) is 4.86. The topological polar surface area (TPSA) is 38.9 Å². The lowest BCUT2D eigenvalue weighted by molar-refractivity contribution is 0.696. The molecule has 72 valence electrons. The molecule has 2 unspecified atom stereocenters. The van der Waals surface area contributed by atoms with Crippen molar-refractivity contribution in [2.75, 3.05) is 0 Å². The molecule has 0 amide bonds. The number of nitrogens with two attached hydrogens (primary N) is 1. The van der Waals surface area contributed by atoms with Crippen LogP contribution in [0.5, 0.6) is 0 Å². The van der Waals surface area contributed by atoms with E-state index in [0.717, 1.165) is 6.42 Å². The van der Waals surface area contributed by atoms with E-state index < -0.39 is 0 Å². The zero-order valence-corrected chi connectivity index (χ0v) is 8.62. The number of hydrogen-bond acceptors (Lipinski definition) is 2. The van der Waals surface area contributed by atoms with Crippen molar-refractivity contribution in [3.05, 3.63) is 29.6 Å². The average molecular weight is 178 g/mol. The highest BCUT2D eigenvalue weighted by molar-refractivity contribution is 5.28. The summed E-state index contributed by atoms with van der Waals surface area (Å²) in [6.45, 7) is 6.42. The molecule has 0 fully saturated rings. The van der Waals surface area contributed by atoms with Gasteiger partial charge in [0.1, 0.15) is 0 Å². The zero-order chi connectivity index (χ0) is 9.84. The standard InChI is InChI=1S/C11H18N2/c1-4-8(2)10-5-6-13-7-11(10)9(3)12/h5-9H,4,12H2,1-3H3. The van der Waals surface area contributed by atoms with Crippen LogP contribution < -0.4 is 5.73 Å². The van der Waals surface area contributed by atoms with Gasteiger partial charge in [0.2, 0.25) is 0 Å². The second-order valence-corrected chi connectivity index (χ2v) is 3.60. The predicted molar refractivity (Wildman–Crippen MR) is 55.5 cm³/mol. The summed E-state index contributed by atoms with van der Waals surface area (Å²) in [4.78, 5) is 4.10. The lowest BCUT2D eigenvalue weighted by Crippen LogP contribution is -2.10. The zero-order valence-electron chi connectivity index (χ0n) is 8.62. The monoisotopic (exact) mass is 178 g/mol. The van der Waals surface area contributed by atoms with E-state index in [9.17, 15) is 0 Å². The molecular weight excluding hydrogens is 160 g/mol. The van der Waals surface area contributed by atoms with Crippen LogP contribution in [0.1, 0.15) is 50.3 Å². The molecule has 0 radical (unpaired) electrons. The maximum Gasteiger partial charge on any atom is 0.0318 e. The molecule has 1 heterocycles. The van der Waals surface area contributed by atoms with Crippen LogP contribution in [-0.4, -0.2) is 4.98 Å². The maximum absolute atomic E-state index is 5.87. The first kappa shape index (κ1) is 10.2. The van der Waals surface area contributed by atoms with Crippen LogP contribution in [0.25, 0.3) is 0 Å². The minimum atomic E-state index is 0.0812. The second-order valence-electron chi connectivity index (χ2n) is 3.60. The lowest BCUT2D eigenvalue weighted by atomic mass is 9.93. The highest BCUT2D eigenvalue weighted by atomic mass is 14.7. The van der Waals surface area contributed by atoms with Gasteiger partial charge in [-0.25, -0.2) is 0 Å². The van der Waals surface area contributed by atoms with E-state index in [1.54, 1.807) is 0 Å². The van der Waals surface area contributed by atoms with Crippen molar-refractivity contribution in [3.8, 4) is 0 Å². The summed E-state index contributed by atoms with van der Waals surface area (Å²) in [6.07, 6.45) is 4.86. The average Bonchev–Trinajstić information content (AvgIpc) is 2.16. The Labute approximate surface area is 80.2 Å². The Hall–Kier alpha value is -0.890. The van der Waals surface area contributed by atoms with Gasteiger partial charge in [-0.05, 0) is 36.5 Å². The summed E-state index contributed by atoms with van der Waals surface area (Å²) >= 11 is 0. The summed E-state index contributed by atoms with van der Waals surface area (Å²) in [5, 5.41) is 0. The van der Waals surface area contributed by atoms with E-state index in [0.29, 0.717) is 5.92 Å². The minimum Gasteiger partial charge on any atom is -0.324 e. The smallest absolute Gasteiger partial charge is 0.0318 e. The SMILES string of the molecule is CCC(C)c1ccncc1C(C)N. The van der Waals surface area contributed by atoms with Crippen molar-refractivity contribution in [3.63, 3.8) is 0 Å². The van der Waals surface area contributed by atoms with Gasteiger partial charge in [0.25, 0.3) is 0 Å². The Bertz CT molecular complexity index is 269. The van der Waals surface area contributed by atoms with Crippen molar-refractivity contribution in [2.45, 2.75) is 39.2 Å². The molecule has 0 aliphatic heterocycles. The summed E-state index contributed by atoms with van der Waals surface area (Å²) < 4.78 is 0. The highest BCUT2D eigenvalue weighted by Gasteiger charge is 2.10. The normalized spacial score (nSPS) is 15.4.